The third-order valence-electron chi connectivity index (χ3n) is 7.19. The van der Waals surface area contributed by atoms with Crippen LogP contribution in [0, 0.1) is 5.41 Å². The molecule has 2 aromatic carbocycles. The fourth-order valence-corrected chi connectivity index (χ4v) is 6.24. The normalized spacial score (nSPS) is 19.0. The number of hydrogen-bond acceptors (Lipinski definition) is 8. The summed E-state index contributed by atoms with van der Waals surface area (Å²) in [5.74, 6) is -0.870. The number of amidine groups is 1. The van der Waals surface area contributed by atoms with E-state index in [4.69, 9.17) is 4.42 Å². The highest BCUT2D eigenvalue weighted by Crippen LogP contribution is 2.41. The van der Waals surface area contributed by atoms with Crippen LogP contribution in [0.15, 0.2) is 68.9 Å². The number of sulfonamides is 1. The van der Waals surface area contributed by atoms with Gasteiger partial charge in [0.2, 0.25) is 17.6 Å². The molecular weight excluding hydrogens is 506 g/mol. The summed E-state index contributed by atoms with van der Waals surface area (Å²) in [6.45, 7) is 1.86. The van der Waals surface area contributed by atoms with Crippen LogP contribution >= 0.6 is 0 Å². The maximum atomic E-state index is 13.3. The number of hydrogen-bond donors (Lipinski definition) is 2. The molecule has 1 amide bonds. The minimum absolute atomic E-state index is 0.110. The maximum Gasteiger partial charge on any atom is 0.286 e. The number of aliphatic imine (C=N–C) groups is 1. The number of Topliss-reactive ketones (excluding diaryl/α,β-unsaturated/α-hetero) is 1. The molecule has 5 rings (SSSR count). The van der Waals surface area contributed by atoms with Crippen molar-refractivity contribution in [3.8, 4) is 11.5 Å². The SMILES string of the molecule is CC1(CC[C@H](N=C2NS(=O)(=O)c3ccccc32)C(=O)NCC(=O)c2nnc(-c3ccccc3)o2)CCCC1. The van der Waals surface area contributed by atoms with Crippen LogP contribution in [0.4, 0.5) is 0 Å². The van der Waals surface area contributed by atoms with Gasteiger partial charge in [-0.3, -0.25) is 19.3 Å². The standard InChI is InChI=1S/C27H29N5O5S/c1-27(14-7-8-15-27)16-13-20(29-23-19-11-5-6-12-22(19)38(35,36)32-23)24(34)28-17-21(33)26-31-30-25(37-26)18-9-3-2-4-10-18/h2-6,9-12,20H,7-8,13-17H2,1H3,(H,28,34)(H,29,32)/t20-/m0/s1. The summed E-state index contributed by atoms with van der Waals surface area (Å²) in [7, 11) is -3.75. The van der Waals surface area contributed by atoms with Gasteiger partial charge in [0, 0.05) is 11.1 Å². The molecule has 1 aliphatic carbocycles. The lowest BCUT2D eigenvalue weighted by Gasteiger charge is -2.25. The van der Waals surface area contributed by atoms with Crippen LogP contribution in [0.25, 0.3) is 11.5 Å². The van der Waals surface area contributed by atoms with Crippen LogP contribution < -0.4 is 10.0 Å². The molecule has 2 heterocycles. The quantitative estimate of drug-likeness (QED) is 0.399. The molecule has 2 N–H and O–H groups in total. The van der Waals surface area contributed by atoms with Gasteiger partial charge in [-0.1, -0.05) is 50.1 Å². The number of nitrogens with zero attached hydrogens (tertiary/aromatic N) is 3. The van der Waals surface area contributed by atoms with Crippen molar-refractivity contribution in [3.63, 3.8) is 0 Å². The number of amides is 1. The van der Waals surface area contributed by atoms with Crippen LogP contribution in [0.1, 0.15) is 61.7 Å². The summed E-state index contributed by atoms with van der Waals surface area (Å²) >= 11 is 0. The molecule has 11 heteroatoms. The summed E-state index contributed by atoms with van der Waals surface area (Å²) in [5, 5.41) is 10.4. The first-order chi connectivity index (χ1) is 18.2. The number of carbonyl (C=O) groups excluding carboxylic acids is 2. The Morgan fingerprint density at radius 3 is 2.55 bits per heavy atom. The molecule has 198 valence electrons. The second-order valence-corrected chi connectivity index (χ2v) is 11.7. The van der Waals surface area contributed by atoms with E-state index in [9.17, 15) is 18.0 Å². The molecule has 0 saturated heterocycles. The second kappa shape index (κ2) is 10.5. The molecule has 1 fully saturated rings. The van der Waals surface area contributed by atoms with Gasteiger partial charge in [0.05, 0.1) is 11.4 Å². The van der Waals surface area contributed by atoms with Crippen molar-refractivity contribution in [1.29, 1.82) is 0 Å². The molecule has 38 heavy (non-hydrogen) atoms. The lowest BCUT2D eigenvalue weighted by atomic mass is 9.82. The molecular formula is C27H29N5O5S. The minimum Gasteiger partial charge on any atom is -0.414 e. The highest BCUT2D eigenvalue weighted by molar-refractivity contribution is 7.90. The van der Waals surface area contributed by atoms with Crippen molar-refractivity contribution < 1.29 is 22.4 Å². The molecule has 1 saturated carbocycles. The topological polar surface area (TPSA) is 144 Å². The monoisotopic (exact) mass is 535 g/mol. The Bertz CT molecular complexity index is 1480. The zero-order valence-corrected chi connectivity index (χ0v) is 21.8. The zero-order chi connectivity index (χ0) is 26.8. The number of carbonyl (C=O) groups is 2. The average Bonchev–Trinajstić information content (AvgIpc) is 3.64. The average molecular weight is 536 g/mol. The second-order valence-electron chi connectivity index (χ2n) is 10.1. The van der Waals surface area contributed by atoms with Crippen molar-refractivity contribution in [3.05, 3.63) is 66.1 Å². The smallest absolute Gasteiger partial charge is 0.286 e. The molecule has 0 radical (unpaired) electrons. The number of nitrogens with one attached hydrogen (secondary N) is 2. The molecule has 0 unspecified atom stereocenters. The van der Waals surface area contributed by atoms with E-state index in [0.29, 0.717) is 17.5 Å². The largest absolute Gasteiger partial charge is 0.414 e. The molecule has 10 nitrogen and oxygen atoms in total. The van der Waals surface area contributed by atoms with Gasteiger partial charge >= 0.3 is 0 Å². The van der Waals surface area contributed by atoms with Gasteiger partial charge in [0.25, 0.3) is 15.9 Å². The van der Waals surface area contributed by atoms with E-state index in [1.54, 1.807) is 30.3 Å². The van der Waals surface area contributed by atoms with E-state index in [0.717, 1.165) is 32.1 Å². The Morgan fingerprint density at radius 1 is 1.08 bits per heavy atom. The number of rotatable bonds is 9. The van der Waals surface area contributed by atoms with Gasteiger partial charge in [-0.25, -0.2) is 8.42 Å². The number of fused-ring (bicyclic) bond motifs is 1. The maximum absolute atomic E-state index is 13.3. The third kappa shape index (κ3) is 5.52. The fraction of sp³-hybridized carbons (Fsp3) is 0.370. The molecule has 0 spiro atoms. The van der Waals surface area contributed by atoms with Crippen LogP contribution in [0.2, 0.25) is 0 Å². The third-order valence-corrected chi connectivity index (χ3v) is 8.59. The van der Waals surface area contributed by atoms with Crippen molar-refractivity contribution >= 4 is 27.5 Å². The van der Waals surface area contributed by atoms with E-state index in [1.807, 2.05) is 18.2 Å². The summed E-state index contributed by atoms with van der Waals surface area (Å²) in [4.78, 5) is 30.6. The minimum atomic E-state index is -3.75. The molecule has 1 aliphatic heterocycles. The Labute approximate surface area is 221 Å². The number of ketones is 1. The lowest BCUT2D eigenvalue weighted by molar-refractivity contribution is -0.122. The highest BCUT2D eigenvalue weighted by Gasteiger charge is 2.34. The Balaban J connectivity index is 1.31. The van der Waals surface area contributed by atoms with Crippen molar-refractivity contribution in [2.75, 3.05) is 6.54 Å². The molecule has 3 aromatic rings. The van der Waals surface area contributed by atoms with E-state index in [1.165, 1.54) is 6.07 Å². The summed E-state index contributed by atoms with van der Waals surface area (Å²) in [5.41, 5.74) is 1.21. The fourth-order valence-electron chi connectivity index (χ4n) is 5.00. The van der Waals surface area contributed by atoms with E-state index >= 15 is 0 Å². The van der Waals surface area contributed by atoms with Gasteiger partial charge in [0.15, 0.2) is 0 Å². The Hall–Kier alpha value is -3.86. The summed E-state index contributed by atoms with van der Waals surface area (Å²) in [6.07, 6.45) is 5.63. The lowest BCUT2D eigenvalue weighted by Crippen LogP contribution is -2.39. The van der Waals surface area contributed by atoms with Crippen LogP contribution in [0.3, 0.4) is 0 Å². The van der Waals surface area contributed by atoms with Crippen LogP contribution in [-0.2, 0) is 14.8 Å². The van der Waals surface area contributed by atoms with Crippen LogP contribution in [-0.4, -0.2) is 48.7 Å². The molecule has 1 aromatic heterocycles. The first kappa shape index (κ1) is 25.8. The first-order valence-electron chi connectivity index (χ1n) is 12.6. The van der Waals surface area contributed by atoms with Crippen molar-refractivity contribution in [1.82, 2.24) is 20.2 Å². The van der Waals surface area contributed by atoms with Crippen molar-refractivity contribution in [2.24, 2.45) is 10.4 Å². The van der Waals surface area contributed by atoms with Gasteiger partial charge in [-0.05, 0) is 55.4 Å². The predicted molar refractivity (Wildman–Crippen MR) is 140 cm³/mol. The molecule has 1 atom stereocenters. The van der Waals surface area contributed by atoms with Gasteiger partial charge in [-0.2, -0.15) is 0 Å². The first-order valence-corrected chi connectivity index (χ1v) is 14.1. The van der Waals surface area contributed by atoms with Crippen LogP contribution in [0.5, 0.6) is 0 Å². The summed E-state index contributed by atoms with van der Waals surface area (Å²) < 4.78 is 33.1. The van der Waals surface area contributed by atoms with E-state index in [-0.39, 0.29) is 34.5 Å². The zero-order valence-electron chi connectivity index (χ0n) is 21.0. The van der Waals surface area contributed by atoms with E-state index in [2.05, 4.69) is 32.2 Å². The number of benzene rings is 2. The van der Waals surface area contributed by atoms with E-state index < -0.39 is 27.8 Å². The Morgan fingerprint density at radius 2 is 1.79 bits per heavy atom. The van der Waals surface area contributed by atoms with Gasteiger partial charge < -0.3 is 9.73 Å². The van der Waals surface area contributed by atoms with Crippen molar-refractivity contribution in [2.45, 2.75) is 56.4 Å². The summed E-state index contributed by atoms with van der Waals surface area (Å²) in [6, 6.07) is 14.7. The highest BCUT2D eigenvalue weighted by atomic mass is 32.2. The van der Waals surface area contributed by atoms with Gasteiger partial charge in [-0.15, -0.1) is 10.2 Å². The Kier molecular flexibility index (Phi) is 7.11. The molecule has 0 bridgehead atoms. The predicted octanol–water partition coefficient (Wildman–Crippen LogP) is 3.50. The number of aromatic nitrogens is 2. The van der Waals surface area contributed by atoms with Gasteiger partial charge in [0.1, 0.15) is 11.9 Å². The molecule has 2 aliphatic rings.